The molecule has 72 valence electrons. The molecule has 0 aliphatic rings. The van der Waals surface area contributed by atoms with Crippen LogP contribution in [0.3, 0.4) is 0 Å². The number of hydrogen-bond acceptors (Lipinski definition) is 4. The number of aromatic nitrogens is 4. The molecule has 0 aliphatic carbocycles. The molecule has 14 heavy (non-hydrogen) atoms. The normalized spacial score (nSPS) is 10.4. The highest BCUT2D eigenvalue weighted by molar-refractivity contribution is 6.32. The summed E-state index contributed by atoms with van der Waals surface area (Å²) in [5, 5.41) is 4.59. The molecule has 6 heteroatoms. The standard InChI is InChI=1S/C8H8ClN5/c1-5-2-3-14(13-5)7-6(9)4-11-8(10)12-7/h2-4H,1H3,(H2,10,11,12). The summed E-state index contributed by atoms with van der Waals surface area (Å²) in [6, 6.07) is 1.86. The zero-order valence-electron chi connectivity index (χ0n) is 7.48. The van der Waals surface area contributed by atoms with Crippen molar-refractivity contribution in [2.75, 3.05) is 5.73 Å². The van der Waals surface area contributed by atoms with Gasteiger partial charge in [-0.15, -0.1) is 0 Å². The van der Waals surface area contributed by atoms with Gasteiger partial charge in [0.05, 0.1) is 11.9 Å². The van der Waals surface area contributed by atoms with Gasteiger partial charge in [0, 0.05) is 6.20 Å². The van der Waals surface area contributed by atoms with Crippen LogP contribution >= 0.6 is 11.6 Å². The van der Waals surface area contributed by atoms with Gasteiger partial charge in [0.25, 0.3) is 0 Å². The Bertz CT molecular complexity index is 465. The minimum atomic E-state index is 0.178. The second kappa shape index (κ2) is 3.26. The van der Waals surface area contributed by atoms with Gasteiger partial charge in [-0.05, 0) is 13.0 Å². The van der Waals surface area contributed by atoms with Crippen molar-refractivity contribution in [3.63, 3.8) is 0 Å². The number of hydrogen-bond donors (Lipinski definition) is 1. The third-order valence-corrected chi connectivity index (χ3v) is 1.95. The molecule has 0 radical (unpaired) electrons. The number of rotatable bonds is 1. The molecule has 2 rings (SSSR count). The lowest BCUT2D eigenvalue weighted by molar-refractivity contribution is 0.829. The van der Waals surface area contributed by atoms with Gasteiger partial charge in [0.15, 0.2) is 5.82 Å². The molecule has 0 amide bonds. The topological polar surface area (TPSA) is 69.6 Å². The maximum absolute atomic E-state index is 5.90. The summed E-state index contributed by atoms with van der Waals surface area (Å²) in [5.74, 6) is 0.671. The third kappa shape index (κ3) is 1.54. The van der Waals surface area contributed by atoms with Crippen LogP contribution in [-0.4, -0.2) is 19.7 Å². The smallest absolute Gasteiger partial charge is 0.222 e. The van der Waals surface area contributed by atoms with E-state index in [1.165, 1.54) is 6.20 Å². The first-order valence-corrected chi connectivity index (χ1v) is 4.35. The van der Waals surface area contributed by atoms with Gasteiger partial charge in [0.1, 0.15) is 5.02 Å². The van der Waals surface area contributed by atoms with Gasteiger partial charge in [0.2, 0.25) is 5.95 Å². The number of nitrogen functional groups attached to an aromatic ring is 1. The molecule has 0 fully saturated rings. The quantitative estimate of drug-likeness (QED) is 0.767. The van der Waals surface area contributed by atoms with Crippen molar-refractivity contribution in [3.8, 4) is 5.82 Å². The first kappa shape index (κ1) is 8.96. The number of nitrogens with two attached hydrogens (primary N) is 1. The summed E-state index contributed by atoms with van der Waals surface area (Å²) in [6.07, 6.45) is 3.22. The van der Waals surface area contributed by atoms with Gasteiger partial charge >= 0.3 is 0 Å². The molecule has 0 unspecified atom stereocenters. The van der Waals surface area contributed by atoms with Crippen LogP contribution in [0.4, 0.5) is 5.95 Å². The minimum Gasteiger partial charge on any atom is -0.368 e. The van der Waals surface area contributed by atoms with Crippen molar-refractivity contribution in [3.05, 3.63) is 29.2 Å². The van der Waals surface area contributed by atoms with Crippen molar-refractivity contribution in [1.29, 1.82) is 0 Å². The second-order valence-corrected chi connectivity index (χ2v) is 3.21. The number of aryl methyl sites for hydroxylation is 1. The predicted octanol–water partition coefficient (Wildman–Crippen LogP) is 1.21. The molecule has 0 aromatic carbocycles. The number of halogens is 1. The molecule has 2 N–H and O–H groups in total. The molecule has 2 heterocycles. The molecule has 0 spiro atoms. The lowest BCUT2D eigenvalue weighted by Crippen LogP contribution is -2.03. The zero-order valence-corrected chi connectivity index (χ0v) is 8.23. The summed E-state index contributed by atoms with van der Waals surface area (Å²) in [4.78, 5) is 7.76. The summed E-state index contributed by atoms with van der Waals surface area (Å²) in [7, 11) is 0. The molecule has 5 nitrogen and oxygen atoms in total. The van der Waals surface area contributed by atoms with E-state index in [2.05, 4.69) is 15.1 Å². The van der Waals surface area contributed by atoms with Crippen LogP contribution in [0.25, 0.3) is 5.82 Å². The van der Waals surface area contributed by atoms with Gasteiger partial charge in [-0.1, -0.05) is 11.6 Å². The molecular weight excluding hydrogens is 202 g/mol. The van der Waals surface area contributed by atoms with Crippen LogP contribution in [0.2, 0.25) is 5.02 Å². The summed E-state index contributed by atoms with van der Waals surface area (Å²) in [6.45, 7) is 1.88. The first-order chi connectivity index (χ1) is 6.66. The lowest BCUT2D eigenvalue weighted by Gasteiger charge is -2.02. The lowest BCUT2D eigenvalue weighted by atomic mass is 10.5. The fraction of sp³-hybridized carbons (Fsp3) is 0.125. The molecule has 2 aromatic rings. The van der Waals surface area contributed by atoms with E-state index < -0.39 is 0 Å². The molecule has 0 aliphatic heterocycles. The Morgan fingerprint density at radius 1 is 1.50 bits per heavy atom. The predicted molar refractivity (Wildman–Crippen MR) is 53.3 cm³/mol. The number of anilines is 1. The average molecular weight is 210 g/mol. The van der Waals surface area contributed by atoms with Crippen LogP contribution in [0, 0.1) is 6.92 Å². The van der Waals surface area contributed by atoms with E-state index >= 15 is 0 Å². The molecule has 0 saturated carbocycles. The monoisotopic (exact) mass is 209 g/mol. The van der Waals surface area contributed by atoms with E-state index in [4.69, 9.17) is 17.3 Å². The third-order valence-electron chi connectivity index (χ3n) is 1.68. The fourth-order valence-electron chi connectivity index (χ4n) is 1.07. The molecule has 0 saturated heterocycles. The van der Waals surface area contributed by atoms with E-state index in [-0.39, 0.29) is 5.95 Å². The zero-order chi connectivity index (χ0) is 10.1. The van der Waals surface area contributed by atoms with Gasteiger partial charge in [-0.25, -0.2) is 9.67 Å². The van der Waals surface area contributed by atoms with Gasteiger partial charge < -0.3 is 5.73 Å². The SMILES string of the molecule is Cc1ccn(-c2nc(N)ncc2Cl)n1. The molecule has 0 bridgehead atoms. The van der Waals surface area contributed by atoms with Crippen molar-refractivity contribution >= 4 is 17.5 Å². The first-order valence-electron chi connectivity index (χ1n) is 3.97. The van der Waals surface area contributed by atoms with E-state index in [1.807, 2.05) is 13.0 Å². The Morgan fingerprint density at radius 2 is 2.29 bits per heavy atom. The van der Waals surface area contributed by atoms with Gasteiger partial charge in [-0.3, -0.25) is 0 Å². The molecular formula is C8H8ClN5. The van der Waals surface area contributed by atoms with Crippen LogP contribution in [0.1, 0.15) is 5.69 Å². The maximum Gasteiger partial charge on any atom is 0.222 e. The highest BCUT2D eigenvalue weighted by Gasteiger charge is 2.06. The Morgan fingerprint density at radius 3 is 2.93 bits per heavy atom. The van der Waals surface area contributed by atoms with Crippen molar-refractivity contribution in [2.45, 2.75) is 6.92 Å². The van der Waals surface area contributed by atoms with Crippen LogP contribution in [-0.2, 0) is 0 Å². The Balaban J connectivity index is 2.55. The van der Waals surface area contributed by atoms with Crippen molar-refractivity contribution < 1.29 is 0 Å². The highest BCUT2D eigenvalue weighted by atomic mass is 35.5. The van der Waals surface area contributed by atoms with E-state index in [0.717, 1.165) is 5.69 Å². The molecule has 2 aromatic heterocycles. The second-order valence-electron chi connectivity index (χ2n) is 2.80. The Labute approximate surface area is 85.5 Å². The van der Waals surface area contributed by atoms with Crippen LogP contribution in [0.15, 0.2) is 18.5 Å². The summed E-state index contributed by atoms with van der Waals surface area (Å²) >= 11 is 5.90. The van der Waals surface area contributed by atoms with E-state index in [1.54, 1.807) is 10.9 Å². The number of nitrogens with zero attached hydrogens (tertiary/aromatic N) is 4. The maximum atomic E-state index is 5.90. The van der Waals surface area contributed by atoms with Crippen molar-refractivity contribution in [1.82, 2.24) is 19.7 Å². The largest absolute Gasteiger partial charge is 0.368 e. The summed E-state index contributed by atoms with van der Waals surface area (Å²) < 4.78 is 1.57. The van der Waals surface area contributed by atoms with Crippen LogP contribution in [0.5, 0.6) is 0 Å². The minimum absolute atomic E-state index is 0.178. The Kier molecular flexibility index (Phi) is 2.09. The van der Waals surface area contributed by atoms with Crippen molar-refractivity contribution in [2.24, 2.45) is 0 Å². The fourth-order valence-corrected chi connectivity index (χ4v) is 1.24. The highest BCUT2D eigenvalue weighted by Crippen LogP contribution is 2.16. The summed E-state index contributed by atoms with van der Waals surface area (Å²) in [5.41, 5.74) is 6.34. The van der Waals surface area contributed by atoms with Gasteiger partial charge in [-0.2, -0.15) is 10.1 Å². The van der Waals surface area contributed by atoms with Crippen LogP contribution < -0.4 is 5.73 Å². The average Bonchev–Trinajstić information content (AvgIpc) is 2.56. The Hall–Kier alpha value is -1.62. The van der Waals surface area contributed by atoms with E-state index in [0.29, 0.717) is 10.8 Å². The molecule has 0 atom stereocenters. The van der Waals surface area contributed by atoms with E-state index in [9.17, 15) is 0 Å².